The van der Waals surface area contributed by atoms with E-state index in [2.05, 4.69) is 22.5 Å². The molecule has 2 rings (SSSR count). The van der Waals surface area contributed by atoms with Crippen LogP contribution in [0.5, 0.6) is 0 Å². The Morgan fingerprint density at radius 3 is 2.67 bits per heavy atom. The second-order valence-electron chi connectivity index (χ2n) is 5.59. The van der Waals surface area contributed by atoms with Crippen LogP contribution >= 0.6 is 0 Å². The molecule has 6 heteroatoms. The van der Waals surface area contributed by atoms with E-state index in [4.69, 9.17) is 0 Å². The van der Waals surface area contributed by atoms with Crippen molar-refractivity contribution in [1.29, 1.82) is 0 Å². The maximum Gasteiger partial charge on any atom is 0.276 e. The van der Waals surface area contributed by atoms with E-state index < -0.39 is 0 Å². The Balaban J connectivity index is 2.19. The van der Waals surface area contributed by atoms with Crippen LogP contribution in [-0.4, -0.2) is 22.5 Å². The quantitative estimate of drug-likeness (QED) is 0.615. The van der Waals surface area contributed by atoms with E-state index >= 15 is 0 Å². The van der Waals surface area contributed by atoms with Gasteiger partial charge in [-0.15, -0.1) is 0 Å². The van der Waals surface area contributed by atoms with Crippen LogP contribution in [0.15, 0.2) is 12.1 Å². The van der Waals surface area contributed by atoms with E-state index in [1.807, 2.05) is 6.92 Å². The molecular weight excluding hydrogens is 268 g/mol. The second kappa shape index (κ2) is 7.24. The molecular formula is C15H24N4O2. The maximum absolute atomic E-state index is 11.0. The number of aromatic nitrogens is 1. The van der Waals surface area contributed by atoms with Gasteiger partial charge in [0.05, 0.1) is 17.1 Å². The molecule has 1 saturated carbocycles. The highest BCUT2D eigenvalue weighted by Crippen LogP contribution is 2.30. The van der Waals surface area contributed by atoms with Gasteiger partial charge in [0.2, 0.25) is 0 Å². The van der Waals surface area contributed by atoms with Gasteiger partial charge in [-0.2, -0.15) is 0 Å². The van der Waals surface area contributed by atoms with Gasteiger partial charge in [-0.05, 0) is 25.7 Å². The lowest BCUT2D eigenvalue weighted by atomic mass is 9.83. The molecule has 0 aliphatic heterocycles. The first kappa shape index (κ1) is 15.5. The number of rotatable bonds is 6. The summed E-state index contributed by atoms with van der Waals surface area (Å²) < 4.78 is 0. The predicted octanol–water partition coefficient (Wildman–Crippen LogP) is 3.80. The Kier molecular flexibility index (Phi) is 5.36. The first-order chi connectivity index (χ1) is 10.1. The third-order valence-electron chi connectivity index (χ3n) is 4.15. The normalized spacial score (nSPS) is 21.8. The van der Waals surface area contributed by atoms with Crippen molar-refractivity contribution in [2.24, 2.45) is 5.92 Å². The van der Waals surface area contributed by atoms with Gasteiger partial charge >= 0.3 is 0 Å². The molecule has 1 aromatic heterocycles. The Labute approximate surface area is 125 Å². The van der Waals surface area contributed by atoms with Crippen LogP contribution in [0.1, 0.15) is 46.0 Å². The number of hydrogen-bond acceptors (Lipinski definition) is 5. The highest BCUT2D eigenvalue weighted by molar-refractivity contribution is 5.55. The molecule has 0 aromatic carbocycles. The average Bonchev–Trinajstić information content (AvgIpc) is 2.48. The van der Waals surface area contributed by atoms with E-state index in [9.17, 15) is 10.1 Å². The smallest absolute Gasteiger partial charge is 0.276 e. The summed E-state index contributed by atoms with van der Waals surface area (Å²) in [6.07, 6.45) is 5.96. The van der Waals surface area contributed by atoms with Crippen molar-refractivity contribution in [2.75, 3.05) is 17.2 Å². The fourth-order valence-corrected chi connectivity index (χ4v) is 3.04. The summed E-state index contributed by atoms with van der Waals surface area (Å²) in [5, 5.41) is 17.5. The Morgan fingerprint density at radius 2 is 2.00 bits per heavy atom. The molecule has 2 unspecified atom stereocenters. The van der Waals surface area contributed by atoms with E-state index in [0.29, 0.717) is 30.1 Å². The minimum Gasteiger partial charge on any atom is -0.370 e. The molecule has 116 valence electrons. The number of hydrogen-bond donors (Lipinski definition) is 2. The van der Waals surface area contributed by atoms with Gasteiger partial charge in [0.1, 0.15) is 11.6 Å². The third-order valence-corrected chi connectivity index (χ3v) is 4.15. The standard InChI is InChI=1S/C15H24N4O2/c1-3-11-7-5-6-8-13(11)17-15-10-12(19(20)21)9-14(18-15)16-4-2/h9-11,13H,3-8H2,1-2H3,(H2,16,17,18). The van der Waals surface area contributed by atoms with Gasteiger partial charge in [0.15, 0.2) is 0 Å². The van der Waals surface area contributed by atoms with Crippen LogP contribution in [0.3, 0.4) is 0 Å². The van der Waals surface area contributed by atoms with E-state index in [-0.39, 0.29) is 10.6 Å². The van der Waals surface area contributed by atoms with Crippen molar-refractivity contribution >= 4 is 17.3 Å². The summed E-state index contributed by atoms with van der Waals surface area (Å²) in [6, 6.07) is 3.38. The van der Waals surface area contributed by atoms with Crippen LogP contribution in [-0.2, 0) is 0 Å². The van der Waals surface area contributed by atoms with Gasteiger partial charge in [-0.25, -0.2) is 4.98 Å². The molecule has 0 amide bonds. The summed E-state index contributed by atoms with van der Waals surface area (Å²) in [7, 11) is 0. The first-order valence-corrected chi connectivity index (χ1v) is 7.81. The molecule has 21 heavy (non-hydrogen) atoms. The highest BCUT2D eigenvalue weighted by Gasteiger charge is 2.24. The Bertz CT molecular complexity index is 493. The minimum absolute atomic E-state index is 0.0762. The minimum atomic E-state index is -0.369. The molecule has 0 radical (unpaired) electrons. The number of anilines is 2. The Morgan fingerprint density at radius 1 is 1.29 bits per heavy atom. The van der Waals surface area contributed by atoms with Gasteiger partial charge in [-0.1, -0.05) is 26.2 Å². The van der Waals surface area contributed by atoms with Crippen molar-refractivity contribution in [3.05, 3.63) is 22.2 Å². The number of nitrogens with zero attached hydrogens (tertiary/aromatic N) is 2. The fraction of sp³-hybridized carbons (Fsp3) is 0.667. The molecule has 0 spiro atoms. The maximum atomic E-state index is 11.0. The van der Waals surface area contributed by atoms with Gasteiger partial charge < -0.3 is 10.6 Å². The molecule has 1 aromatic rings. The molecule has 1 aliphatic carbocycles. The van der Waals surface area contributed by atoms with Crippen LogP contribution in [0, 0.1) is 16.0 Å². The lowest BCUT2D eigenvalue weighted by Crippen LogP contribution is -2.32. The molecule has 6 nitrogen and oxygen atoms in total. The summed E-state index contributed by atoms with van der Waals surface area (Å²) in [6.45, 7) is 4.84. The van der Waals surface area contributed by atoms with Crippen LogP contribution in [0.2, 0.25) is 0 Å². The van der Waals surface area contributed by atoms with Crippen molar-refractivity contribution in [3.8, 4) is 0 Å². The van der Waals surface area contributed by atoms with Crippen molar-refractivity contribution in [1.82, 2.24) is 4.98 Å². The summed E-state index contributed by atoms with van der Waals surface area (Å²) in [5.74, 6) is 1.78. The predicted molar refractivity (Wildman–Crippen MR) is 84.7 cm³/mol. The fourth-order valence-electron chi connectivity index (χ4n) is 3.04. The highest BCUT2D eigenvalue weighted by atomic mass is 16.6. The molecule has 1 heterocycles. The van der Waals surface area contributed by atoms with Crippen LogP contribution in [0.4, 0.5) is 17.3 Å². The topological polar surface area (TPSA) is 80.1 Å². The Hall–Kier alpha value is -1.85. The van der Waals surface area contributed by atoms with E-state index in [1.54, 1.807) is 0 Å². The largest absolute Gasteiger partial charge is 0.370 e. The summed E-state index contributed by atoms with van der Waals surface area (Å²) in [4.78, 5) is 15.1. The molecule has 0 saturated heterocycles. The van der Waals surface area contributed by atoms with Crippen LogP contribution < -0.4 is 10.6 Å². The lowest BCUT2D eigenvalue weighted by molar-refractivity contribution is -0.384. The summed E-state index contributed by atoms with van der Waals surface area (Å²) in [5.41, 5.74) is 0.0762. The van der Waals surface area contributed by atoms with Crippen molar-refractivity contribution in [2.45, 2.75) is 52.0 Å². The van der Waals surface area contributed by atoms with E-state index in [1.165, 1.54) is 31.4 Å². The molecule has 2 atom stereocenters. The van der Waals surface area contributed by atoms with Gasteiger partial charge in [0.25, 0.3) is 5.69 Å². The molecule has 2 N–H and O–H groups in total. The number of nitro groups is 1. The molecule has 1 fully saturated rings. The zero-order valence-electron chi connectivity index (χ0n) is 12.8. The second-order valence-corrected chi connectivity index (χ2v) is 5.59. The number of pyridine rings is 1. The van der Waals surface area contributed by atoms with Gasteiger partial charge in [0, 0.05) is 12.6 Å². The van der Waals surface area contributed by atoms with Gasteiger partial charge in [-0.3, -0.25) is 10.1 Å². The monoisotopic (exact) mass is 292 g/mol. The molecule has 0 bridgehead atoms. The lowest BCUT2D eigenvalue weighted by Gasteiger charge is -2.31. The summed E-state index contributed by atoms with van der Waals surface area (Å²) >= 11 is 0. The van der Waals surface area contributed by atoms with Crippen LogP contribution in [0.25, 0.3) is 0 Å². The zero-order valence-corrected chi connectivity index (χ0v) is 12.8. The molecule has 1 aliphatic rings. The average molecular weight is 292 g/mol. The first-order valence-electron chi connectivity index (χ1n) is 7.81. The number of nitrogens with one attached hydrogen (secondary N) is 2. The zero-order chi connectivity index (χ0) is 15.2. The van der Waals surface area contributed by atoms with Crippen molar-refractivity contribution < 1.29 is 4.92 Å². The SMILES string of the molecule is CCNc1cc([N+](=O)[O-])cc(NC2CCCCC2CC)n1. The van der Waals surface area contributed by atoms with E-state index in [0.717, 1.165) is 12.8 Å². The third kappa shape index (κ3) is 4.06. The van der Waals surface area contributed by atoms with Crippen molar-refractivity contribution in [3.63, 3.8) is 0 Å².